The normalized spacial score (nSPS) is 10.4. The summed E-state index contributed by atoms with van der Waals surface area (Å²) in [5.41, 5.74) is 0.982. The van der Waals surface area contributed by atoms with E-state index in [0.29, 0.717) is 17.0 Å². The first-order valence-electron chi connectivity index (χ1n) is 7.21. The van der Waals surface area contributed by atoms with Gasteiger partial charge in [0, 0.05) is 0 Å². The van der Waals surface area contributed by atoms with Crippen LogP contribution in [0.1, 0.15) is 5.82 Å². The van der Waals surface area contributed by atoms with Gasteiger partial charge in [-0.2, -0.15) is 4.98 Å². The second kappa shape index (κ2) is 6.82. The van der Waals surface area contributed by atoms with Gasteiger partial charge in [0.25, 0.3) is 5.89 Å². The van der Waals surface area contributed by atoms with E-state index >= 15 is 0 Å². The number of hydrogen-bond acceptors (Lipinski definition) is 6. The lowest BCUT2D eigenvalue weighted by Crippen LogP contribution is -2.15. The van der Waals surface area contributed by atoms with Crippen LogP contribution in [0.2, 0.25) is 0 Å². The first kappa shape index (κ1) is 15.5. The van der Waals surface area contributed by atoms with Crippen molar-refractivity contribution >= 4 is 11.6 Å². The number of aromatic hydroxyl groups is 1. The average molecular weight is 325 g/mol. The van der Waals surface area contributed by atoms with E-state index in [-0.39, 0.29) is 29.8 Å². The second-order valence-electron chi connectivity index (χ2n) is 4.96. The summed E-state index contributed by atoms with van der Waals surface area (Å²) in [4.78, 5) is 16.3. The molecule has 7 heteroatoms. The van der Waals surface area contributed by atoms with E-state index in [4.69, 9.17) is 9.26 Å². The van der Waals surface area contributed by atoms with Crippen LogP contribution in [0, 0.1) is 0 Å². The number of amides is 1. The van der Waals surface area contributed by atoms with Gasteiger partial charge in [-0.3, -0.25) is 4.79 Å². The number of aromatic nitrogens is 2. The third-order valence-electron chi connectivity index (χ3n) is 3.30. The molecule has 0 unspecified atom stereocenters. The molecule has 1 amide bonds. The highest BCUT2D eigenvalue weighted by atomic mass is 16.5. The van der Waals surface area contributed by atoms with Crippen LogP contribution < -0.4 is 10.1 Å². The summed E-state index contributed by atoms with van der Waals surface area (Å²) in [7, 11) is 1.53. The molecular formula is C17H15N3O4. The number of rotatable bonds is 5. The van der Waals surface area contributed by atoms with E-state index in [1.54, 1.807) is 36.4 Å². The predicted octanol–water partition coefficient (Wildman–Crippen LogP) is 2.63. The van der Waals surface area contributed by atoms with Crippen LogP contribution in [-0.4, -0.2) is 28.3 Å². The number of nitrogens with one attached hydrogen (secondary N) is 1. The Labute approximate surface area is 137 Å². The van der Waals surface area contributed by atoms with E-state index in [2.05, 4.69) is 15.5 Å². The zero-order chi connectivity index (χ0) is 16.9. The van der Waals surface area contributed by atoms with Crippen LogP contribution in [0.15, 0.2) is 53.1 Å². The third-order valence-corrected chi connectivity index (χ3v) is 3.30. The fraction of sp³-hybridized carbons (Fsp3) is 0.118. The Balaban J connectivity index is 1.71. The molecule has 0 fully saturated rings. The maximum absolute atomic E-state index is 12.1. The summed E-state index contributed by atoms with van der Waals surface area (Å²) in [5, 5.41) is 16.3. The molecule has 0 radical (unpaired) electrons. The molecule has 122 valence electrons. The molecule has 0 aliphatic carbocycles. The highest BCUT2D eigenvalue weighted by Crippen LogP contribution is 2.27. The van der Waals surface area contributed by atoms with Crippen molar-refractivity contribution in [1.82, 2.24) is 10.1 Å². The summed E-state index contributed by atoms with van der Waals surface area (Å²) in [6.07, 6.45) is -0.0604. The van der Waals surface area contributed by atoms with Crippen molar-refractivity contribution in [2.45, 2.75) is 6.42 Å². The van der Waals surface area contributed by atoms with Gasteiger partial charge in [-0.15, -0.1) is 0 Å². The Kier molecular flexibility index (Phi) is 4.42. The number of phenolic OH excluding ortho intramolecular Hbond substituents is 1. The van der Waals surface area contributed by atoms with Crippen molar-refractivity contribution in [1.29, 1.82) is 0 Å². The Morgan fingerprint density at radius 3 is 2.75 bits per heavy atom. The van der Waals surface area contributed by atoms with Gasteiger partial charge in [0.05, 0.1) is 24.8 Å². The van der Waals surface area contributed by atoms with Crippen LogP contribution in [0.3, 0.4) is 0 Å². The summed E-state index contributed by atoms with van der Waals surface area (Å²) in [6, 6.07) is 13.7. The van der Waals surface area contributed by atoms with Crippen LogP contribution in [-0.2, 0) is 11.2 Å². The molecular weight excluding hydrogens is 310 g/mol. The van der Waals surface area contributed by atoms with Gasteiger partial charge >= 0.3 is 0 Å². The molecule has 0 spiro atoms. The molecule has 1 aromatic heterocycles. The Bertz CT molecular complexity index is 860. The summed E-state index contributed by atoms with van der Waals surface area (Å²) in [5.74, 6) is 0.679. The zero-order valence-corrected chi connectivity index (χ0v) is 12.9. The van der Waals surface area contributed by atoms with Crippen molar-refractivity contribution in [3.8, 4) is 23.0 Å². The number of benzene rings is 2. The molecule has 2 aromatic carbocycles. The SMILES string of the molecule is COc1ccccc1NC(=O)Cc1noc(-c2ccccc2O)n1. The smallest absolute Gasteiger partial charge is 0.261 e. The van der Waals surface area contributed by atoms with Crippen LogP contribution in [0.25, 0.3) is 11.5 Å². The summed E-state index contributed by atoms with van der Waals surface area (Å²) < 4.78 is 10.3. The van der Waals surface area contributed by atoms with E-state index in [0.717, 1.165) is 0 Å². The fourth-order valence-electron chi connectivity index (χ4n) is 2.18. The molecule has 0 saturated heterocycles. The molecule has 0 aliphatic heterocycles. The Morgan fingerprint density at radius 1 is 1.21 bits per heavy atom. The number of carbonyl (C=O) groups is 1. The van der Waals surface area contributed by atoms with Crippen LogP contribution in [0.5, 0.6) is 11.5 Å². The minimum Gasteiger partial charge on any atom is -0.507 e. The van der Waals surface area contributed by atoms with Crippen molar-refractivity contribution in [2.24, 2.45) is 0 Å². The fourth-order valence-corrected chi connectivity index (χ4v) is 2.18. The Hall–Kier alpha value is -3.35. The quantitative estimate of drug-likeness (QED) is 0.748. The van der Waals surface area contributed by atoms with E-state index in [1.165, 1.54) is 13.2 Å². The van der Waals surface area contributed by atoms with Crippen molar-refractivity contribution in [3.63, 3.8) is 0 Å². The maximum atomic E-state index is 12.1. The number of methoxy groups -OCH3 is 1. The van der Waals surface area contributed by atoms with E-state index in [1.807, 2.05) is 6.07 Å². The molecule has 1 heterocycles. The maximum Gasteiger partial charge on any atom is 0.261 e. The highest BCUT2D eigenvalue weighted by molar-refractivity contribution is 5.93. The van der Waals surface area contributed by atoms with E-state index < -0.39 is 0 Å². The summed E-state index contributed by atoms with van der Waals surface area (Å²) in [6.45, 7) is 0. The van der Waals surface area contributed by atoms with Gasteiger partial charge < -0.3 is 19.7 Å². The second-order valence-corrected chi connectivity index (χ2v) is 4.96. The standard InChI is InChI=1S/C17H15N3O4/c1-23-14-9-5-3-7-12(14)18-16(22)10-15-19-17(24-20-15)11-6-2-4-8-13(11)21/h2-9,21H,10H2,1H3,(H,18,22). The number of carbonyl (C=O) groups excluding carboxylic acids is 1. The minimum atomic E-state index is -0.302. The molecule has 3 rings (SSSR count). The summed E-state index contributed by atoms with van der Waals surface area (Å²) >= 11 is 0. The molecule has 0 bridgehead atoms. The third kappa shape index (κ3) is 3.35. The molecule has 24 heavy (non-hydrogen) atoms. The van der Waals surface area contributed by atoms with E-state index in [9.17, 15) is 9.90 Å². The lowest BCUT2D eigenvalue weighted by molar-refractivity contribution is -0.115. The largest absolute Gasteiger partial charge is 0.507 e. The van der Waals surface area contributed by atoms with Crippen LogP contribution >= 0.6 is 0 Å². The highest BCUT2D eigenvalue weighted by Gasteiger charge is 2.15. The van der Waals surface area contributed by atoms with Gasteiger partial charge in [0.2, 0.25) is 5.91 Å². The van der Waals surface area contributed by atoms with Crippen LogP contribution in [0.4, 0.5) is 5.69 Å². The zero-order valence-electron chi connectivity index (χ0n) is 12.9. The van der Waals surface area contributed by atoms with Gasteiger partial charge in [-0.25, -0.2) is 0 Å². The van der Waals surface area contributed by atoms with Gasteiger partial charge in [-0.05, 0) is 24.3 Å². The lowest BCUT2D eigenvalue weighted by Gasteiger charge is -2.08. The van der Waals surface area contributed by atoms with Gasteiger partial charge in [-0.1, -0.05) is 29.4 Å². The molecule has 0 atom stereocenters. The molecule has 3 aromatic rings. The molecule has 2 N–H and O–H groups in total. The predicted molar refractivity (Wildman–Crippen MR) is 86.7 cm³/mol. The molecule has 0 saturated carbocycles. The number of ether oxygens (including phenoxy) is 1. The average Bonchev–Trinajstić information content (AvgIpc) is 3.04. The van der Waals surface area contributed by atoms with Crippen molar-refractivity contribution in [3.05, 3.63) is 54.4 Å². The van der Waals surface area contributed by atoms with Crippen molar-refractivity contribution < 1.29 is 19.2 Å². The molecule has 0 aliphatic rings. The monoisotopic (exact) mass is 325 g/mol. The Morgan fingerprint density at radius 2 is 1.96 bits per heavy atom. The number of para-hydroxylation sites is 3. The van der Waals surface area contributed by atoms with Gasteiger partial charge in [0.1, 0.15) is 11.5 Å². The number of phenols is 1. The van der Waals surface area contributed by atoms with Gasteiger partial charge in [0.15, 0.2) is 5.82 Å². The topological polar surface area (TPSA) is 97.5 Å². The van der Waals surface area contributed by atoms with Crippen molar-refractivity contribution in [2.75, 3.05) is 12.4 Å². The first-order chi connectivity index (χ1) is 11.7. The molecule has 7 nitrogen and oxygen atoms in total. The first-order valence-corrected chi connectivity index (χ1v) is 7.21. The number of nitrogens with zero attached hydrogens (tertiary/aromatic N) is 2. The lowest BCUT2D eigenvalue weighted by atomic mass is 10.2. The number of hydrogen-bond donors (Lipinski definition) is 2. The minimum absolute atomic E-state index is 0.0335. The number of anilines is 1.